The number of benzene rings is 1. The molecule has 0 spiro atoms. The zero-order valence-electron chi connectivity index (χ0n) is 12.7. The minimum atomic E-state index is -0.401. The van der Waals surface area contributed by atoms with Crippen LogP contribution in [0.3, 0.4) is 0 Å². The fraction of sp³-hybridized carbons (Fsp3) is 0.562. The number of nitrogens with two attached hydrogens (primary N) is 1. The monoisotopic (exact) mass is 293 g/mol. The first kappa shape index (κ1) is 15.8. The molecule has 4 nitrogen and oxygen atoms in total. The van der Waals surface area contributed by atoms with Gasteiger partial charge in [-0.3, -0.25) is 9.69 Å². The maximum absolute atomic E-state index is 13.0. The van der Waals surface area contributed by atoms with E-state index in [4.69, 9.17) is 5.73 Å². The van der Waals surface area contributed by atoms with Gasteiger partial charge in [0.1, 0.15) is 5.82 Å². The number of halogens is 1. The van der Waals surface area contributed by atoms with Gasteiger partial charge < -0.3 is 11.1 Å². The Morgan fingerprint density at radius 2 is 2.24 bits per heavy atom. The number of nitrogens with zero attached hydrogens (tertiary/aromatic N) is 1. The molecule has 116 valence electrons. The van der Waals surface area contributed by atoms with Crippen molar-refractivity contribution in [3.63, 3.8) is 0 Å². The van der Waals surface area contributed by atoms with Crippen LogP contribution in [0, 0.1) is 11.7 Å². The van der Waals surface area contributed by atoms with Crippen molar-refractivity contribution in [2.45, 2.75) is 39.2 Å². The Labute approximate surface area is 125 Å². The second-order valence-electron chi connectivity index (χ2n) is 5.93. The summed E-state index contributed by atoms with van der Waals surface area (Å²) in [5.41, 5.74) is 6.41. The lowest BCUT2D eigenvalue weighted by atomic mass is 9.92. The molecule has 0 radical (unpaired) electrons. The molecule has 1 aromatic rings. The molecule has 21 heavy (non-hydrogen) atoms. The normalized spacial score (nSPS) is 23.0. The van der Waals surface area contributed by atoms with E-state index in [9.17, 15) is 9.18 Å². The lowest BCUT2D eigenvalue weighted by molar-refractivity contribution is -0.116. The number of likely N-dealkylation sites (tertiary alicyclic amines) is 1. The Morgan fingerprint density at radius 1 is 1.48 bits per heavy atom. The highest BCUT2D eigenvalue weighted by atomic mass is 19.1. The summed E-state index contributed by atoms with van der Waals surface area (Å²) in [5, 5.41) is 2.75. The van der Waals surface area contributed by atoms with E-state index in [-0.39, 0.29) is 11.6 Å². The molecule has 1 fully saturated rings. The van der Waals surface area contributed by atoms with Crippen molar-refractivity contribution in [3.8, 4) is 0 Å². The van der Waals surface area contributed by atoms with Crippen molar-refractivity contribution in [1.29, 1.82) is 0 Å². The summed E-state index contributed by atoms with van der Waals surface area (Å²) >= 11 is 0. The summed E-state index contributed by atoms with van der Waals surface area (Å²) in [6.45, 7) is 6.28. The molecule has 1 aromatic carbocycles. The van der Waals surface area contributed by atoms with Crippen molar-refractivity contribution in [3.05, 3.63) is 24.0 Å². The molecular weight excluding hydrogens is 269 g/mol. The Hall–Kier alpha value is -1.62. The smallest absolute Gasteiger partial charge is 0.225 e. The third kappa shape index (κ3) is 4.17. The number of nitrogen functional groups attached to an aromatic ring is 1. The van der Waals surface area contributed by atoms with Crippen molar-refractivity contribution in [2.24, 2.45) is 5.92 Å². The van der Waals surface area contributed by atoms with E-state index in [2.05, 4.69) is 24.1 Å². The number of piperidine rings is 1. The van der Waals surface area contributed by atoms with Gasteiger partial charge in [-0.2, -0.15) is 0 Å². The topological polar surface area (TPSA) is 58.4 Å². The maximum atomic E-state index is 13.0. The minimum Gasteiger partial charge on any atom is -0.397 e. The molecule has 3 N–H and O–H groups in total. The van der Waals surface area contributed by atoms with Crippen LogP contribution in [0.1, 0.15) is 33.1 Å². The fourth-order valence-electron chi connectivity index (χ4n) is 2.84. The average molecular weight is 293 g/mol. The van der Waals surface area contributed by atoms with Gasteiger partial charge in [-0.05, 0) is 50.4 Å². The molecule has 1 aliphatic heterocycles. The molecule has 0 bridgehead atoms. The zero-order valence-corrected chi connectivity index (χ0v) is 12.7. The van der Waals surface area contributed by atoms with E-state index in [1.807, 2.05) is 0 Å². The highest BCUT2D eigenvalue weighted by molar-refractivity contribution is 5.93. The highest BCUT2D eigenvalue weighted by Gasteiger charge is 2.24. The van der Waals surface area contributed by atoms with Gasteiger partial charge in [0, 0.05) is 19.0 Å². The van der Waals surface area contributed by atoms with Crippen LogP contribution in [-0.4, -0.2) is 29.9 Å². The summed E-state index contributed by atoms with van der Waals surface area (Å²) in [5.74, 6) is 0.190. The van der Waals surface area contributed by atoms with Gasteiger partial charge in [-0.1, -0.05) is 6.92 Å². The number of hydrogen-bond acceptors (Lipinski definition) is 3. The molecule has 2 unspecified atom stereocenters. The van der Waals surface area contributed by atoms with Gasteiger partial charge in [0.05, 0.1) is 11.4 Å². The van der Waals surface area contributed by atoms with Crippen LogP contribution >= 0.6 is 0 Å². The molecule has 1 heterocycles. The second-order valence-corrected chi connectivity index (χ2v) is 5.93. The Balaban J connectivity index is 1.84. The summed E-state index contributed by atoms with van der Waals surface area (Å²) in [6, 6.07) is 4.51. The first-order chi connectivity index (χ1) is 9.97. The molecular formula is C16H24FN3O. The minimum absolute atomic E-state index is 0.0845. The van der Waals surface area contributed by atoms with Crippen LogP contribution in [0.5, 0.6) is 0 Å². The number of carbonyl (C=O) groups is 1. The zero-order chi connectivity index (χ0) is 15.4. The van der Waals surface area contributed by atoms with Gasteiger partial charge in [0.25, 0.3) is 0 Å². The quantitative estimate of drug-likeness (QED) is 0.839. The van der Waals surface area contributed by atoms with E-state index >= 15 is 0 Å². The Bertz CT molecular complexity index is 506. The number of nitrogens with one attached hydrogen (secondary N) is 1. The lowest BCUT2D eigenvalue weighted by Crippen LogP contribution is -2.43. The van der Waals surface area contributed by atoms with Gasteiger partial charge in [-0.25, -0.2) is 4.39 Å². The van der Waals surface area contributed by atoms with Crippen LogP contribution in [0.15, 0.2) is 18.2 Å². The van der Waals surface area contributed by atoms with Crippen molar-refractivity contribution >= 4 is 17.3 Å². The third-order valence-corrected chi connectivity index (χ3v) is 4.42. The fourth-order valence-corrected chi connectivity index (χ4v) is 2.84. The molecule has 1 aliphatic rings. The summed E-state index contributed by atoms with van der Waals surface area (Å²) in [4.78, 5) is 14.4. The SMILES string of the molecule is CC1CCCN(CCC(=O)Nc2ccc(F)cc2N)C1C. The predicted octanol–water partition coefficient (Wildman–Crippen LogP) is 2.86. The molecule has 0 saturated carbocycles. The molecule has 0 aliphatic carbocycles. The molecule has 1 saturated heterocycles. The van der Waals surface area contributed by atoms with Crippen LogP contribution in [-0.2, 0) is 4.79 Å². The maximum Gasteiger partial charge on any atom is 0.225 e. The first-order valence-electron chi connectivity index (χ1n) is 7.56. The summed E-state index contributed by atoms with van der Waals surface area (Å²) in [6.07, 6.45) is 2.88. The number of rotatable bonds is 4. The number of carbonyl (C=O) groups excluding carboxylic acids is 1. The first-order valence-corrected chi connectivity index (χ1v) is 7.56. The van der Waals surface area contributed by atoms with Crippen LogP contribution in [0.25, 0.3) is 0 Å². The van der Waals surface area contributed by atoms with E-state index in [0.717, 1.165) is 13.1 Å². The van der Waals surface area contributed by atoms with E-state index in [1.165, 1.54) is 31.0 Å². The van der Waals surface area contributed by atoms with Gasteiger partial charge >= 0.3 is 0 Å². The number of anilines is 2. The van der Waals surface area contributed by atoms with Crippen LogP contribution in [0.2, 0.25) is 0 Å². The van der Waals surface area contributed by atoms with Gasteiger partial charge in [-0.15, -0.1) is 0 Å². The summed E-state index contributed by atoms with van der Waals surface area (Å²) < 4.78 is 13.0. The largest absolute Gasteiger partial charge is 0.397 e. The van der Waals surface area contributed by atoms with Gasteiger partial charge in [0.15, 0.2) is 0 Å². The lowest BCUT2D eigenvalue weighted by Gasteiger charge is -2.37. The highest BCUT2D eigenvalue weighted by Crippen LogP contribution is 2.23. The van der Waals surface area contributed by atoms with Crippen molar-refractivity contribution in [2.75, 3.05) is 24.1 Å². The predicted molar refractivity (Wildman–Crippen MR) is 83.5 cm³/mol. The average Bonchev–Trinajstić information content (AvgIpc) is 2.43. The molecule has 2 rings (SSSR count). The Kier molecular flexibility index (Phi) is 5.17. The Morgan fingerprint density at radius 3 is 2.95 bits per heavy atom. The third-order valence-electron chi connectivity index (χ3n) is 4.42. The van der Waals surface area contributed by atoms with Crippen LogP contribution < -0.4 is 11.1 Å². The van der Waals surface area contributed by atoms with E-state index in [1.54, 1.807) is 0 Å². The number of hydrogen-bond donors (Lipinski definition) is 2. The molecule has 1 amide bonds. The molecule has 0 aromatic heterocycles. The van der Waals surface area contributed by atoms with Gasteiger partial charge in [0.2, 0.25) is 5.91 Å². The van der Waals surface area contributed by atoms with Crippen molar-refractivity contribution in [1.82, 2.24) is 4.90 Å². The van der Waals surface area contributed by atoms with Crippen molar-refractivity contribution < 1.29 is 9.18 Å². The van der Waals surface area contributed by atoms with E-state index < -0.39 is 5.82 Å². The number of amides is 1. The molecule has 2 atom stereocenters. The van der Waals surface area contributed by atoms with Crippen LogP contribution in [0.4, 0.5) is 15.8 Å². The summed E-state index contributed by atoms with van der Waals surface area (Å²) in [7, 11) is 0. The standard InChI is InChI=1S/C16H24FN3O/c1-11-4-3-8-20(12(11)2)9-7-16(21)19-15-6-5-13(17)10-14(15)18/h5-6,10-12H,3-4,7-9,18H2,1-2H3,(H,19,21). The second kappa shape index (κ2) is 6.89. The molecule has 5 heteroatoms. The van der Waals surface area contributed by atoms with E-state index in [0.29, 0.717) is 24.1 Å².